The monoisotopic (exact) mass is 342 g/mol. The average molecular weight is 342 g/mol. The van der Waals surface area contributed by atoms with Crippen molar-refractivity contribution in [3.8, 4) is 5.75 Å². The van der Waals surface area contributed by atoms with E-state index in [9.17, 15) is 9.18 Å². The number of aryl methyl sites for hydroxylation is 3. The van der Waals surface area contributed by atoms with Crippen molar-refractivity contribution >= 4 is 16.9 Å². The van der Waals surface area contributed by atoms with Crippen LogP contribution in [0.1, 0.15) is 21.7 Å². The molecule has 0 unspecified atom stereocenters. The van der Waals surface area contributed by atoms with Gasteiger partial charge in [0.2, 0.25) is 0 Å². The Morgan fingerprint density at radius 2 is 2.00 bits per heavy atom. The number of pyridine rings is 1. The number of aromatic nitrogens is 3. The zero-order valence-corrected chi connectivity index (χ0v) is 14.3. The molecule has 0 fully saturated rings. The number of nitrogens with one attached hydrogen (secondary N) is 1. The van der Waals surface area contributed by atoms with Crippen molar-refractivity contribution in [2.75, 3.05) is 13.2 Å². The summed E-state index contributed by atoms with van der Waals surface area (Å²) in [6.45, 7) is 4.32. The summed E-state index contributed by atoms with van der Waals surface area (Å²) in [4.78, 5) is 17.0. The second kappa shape index (κ2) is 6.88. The van der Waals surface area contributed by atoms with E-state index in [0.29, 0.717) is 23.5 Å². The van der Waals surface area contributed by atoms with E-state index in [1.165, 1.54) is 12.1 Å². The summed E-state index contributed by atoms with van der Waals surface area (Å²) < 4.78 is 20.0. The lowest BCUT2D eigenvalue weighted by atomic mass is 10.1. The van der Waals surface area contributed by atoms with Crippen molar-refractivity contribution in [2.45, 2.75) is 13.8 Å². The molecule has 1 aromatic carbocycles. The predicted octanol–water partition coefficient (Wildman–Crippen LogP) is 2.53. The van der Waals surface area contributed by atoms with E-state index in [4.69, 9.17) is 4.74 Å². The molecule has 7 heteroatoms. The van der Waals surface area contributed by atoms with Crippen molar-refractivity contribution in [2.24, 2.45) is 7.05 Å². The Morgan fingerprint density at radius 1 is 1.28 bits per heavy atom. The Hall–Kier alpha value is -2.96. The van der Waals surface area contributed by atoms with Crippen LogP contribution in [0.2, 0.25) is 0 Å². The van der Waals surface area contributed by atoms with Gasteiger partial charge in [-0.05, 0) is 44.2 Å². The molecule has 6 nitrogen and oxygen atoms in total. The molecule has 2 heterocycles. The molecule has 1 amide bonds. The first-order valence-corrected chi connectivity index (χ1v) is 7.93. The molecule has 3 aromatic rings. The smallest absolute Gasteiger partial charge is 0.252 e. The second-order valence-corrected chi connectivity index (χ2v) is 5.78. The summed E-state index contributed by atoms with van der Waals surface area (Å²) in [5.74, 6) is 0.0415. The lowest BCUT2D eigenvalue weighted by molar-refractivity contribution is 0.0948. The molecule has 0 aliphatic rings. The molecule has 0 bridgehead atoms. The van der Waals surface area contributed by atoms with Crippen molar-refractivity contribution in [3.05, 3.63) is 53.1 Å². The summed E-state index contributed by atoms with van der Waals surface area (Å²) >= 11 is 0. The van der Waals surface area contributed by atoms with Crippen LogP contribution in [0.4, 0.5) is 4.39 Å². The van der Waals surface area contributed by atoms with Crippen LogP contribution >= 0.6 is 0 Å². The molecule has 0 radical (unpaired) electrons. The van der Waals surface area contributed by atoms with Gasteiger partial charge in [0.05, 0.1) is 23.2 Å². The summed E-state index contributed by atoms with van der Waals surface area (Å²) in [5.41, 5.74) is 2.75. The summed E-state index contributed by atoms with van der Waals surface area (Å²) in [6.07, 6.45) is 0. The SMILES string of the molecule is Cc1cc(C(=O)NCCOc2ccc(F)cc2)c2c(C)nn(C)c2n1. The molecule has 130 valence electrons. The quantitative estimate of drug-likeness (QED) is 0.724. The normalized spacial score (nSPS) is 10.9. The van der Waals surface area contributed by atoms with Gasteiger partial charge in [-0.3, -0.25) is 9.48 Å². The Balaban J connectivity index is 1.67. The van der Waals surface area contributed by atoms with Crippen molar-refractivity contribution in [3.63, 3.8) is 0 Å². The van der Waals surface area contributed by atoms with Crippen LogP contribution in [-0.2, 0) is 7.05 Å². The van der Waals surface area contributed by atoms with Crippen molar-refractivity contribution in [1.29, 1.82) is 0 Å². The Labute approximate surface area is 144 Å². The van der Waals surface area contributed by atoms with E-state index in [-0.39, 0.29) is 18.3 Å². The zero-order chi connectivity index (χ0) is 18.0. The molecule has 0 atom stereocenters. The lowest BCUT2D eigenvalue weighted by Crippen LogP contribution is -2.28. The minimum Gasteiger partial charge on any atom is -0.492 e. The number of rotatable bonds is 5. The third-order valence-corrected chi connectivity index (χ3v) is 3.81. The number of fused-ring (bicyclic) bond motifs is 1. The first-order chi connectivity index (χ1) is 12.0. The fraction of sp³-hybridized carbons (Fsp3) is 0.278. The highest BCUT2D eigenvalue weighted by molar-refractivity contribution is 6.06. The molecule has 0 spiro atoms. The maximum atomic E-state index is 12.8. The van der Waals surface area contributed by atoms with Gasteiger partial charge in [-0.2, -0.15) is 5.10 Å². The van der Waals surface area contributed by atoms with E-state index < -0.39 is 0 Å². The molecule has 0 saturated heterocycles. The van der Waals surface area contributed by atoms with Gasteiger partial charge in [0.1, 0.15) is 18.2 Å². The molecule has 3 rings (SSSR count). The maximum Gasteiger partial charge on any atom is 0.252 e. The number of carbonyl (C=O) groups excluding carboxylic acids is 1. The Bertz CT molecular complexity index is 919. The standard InChI is InChI=1S/C18H19FN4O2/c1-11-10-15(16-12(2)22-23(3)17(16)21-11)18(24)20-8-9-25-14-6-4-13(19)5-7-14/h4-7,10H,8-9H2,1-3H3,(H,20,24). The molecular weight excluding hydrogens is 323 g/mol. The summed E-state index contributed by atoms with van der Waals surface area (Å²) in [5, 5.41) is 7.92. The number of carbonyl (C=O) groups is 1. The molecular formula is C18H19FN4O2. The minimum atomic E-state index is -0.315. The Kier molecular flexibility index (Phi) is 4.65. The second-order valence-electron chi connectivity index (χ2n) is 5.78. The molecule has 1 N–H and O–H groups in total. The number of hydrogen-bond donors (Lipinski definition) is 1. The van der Waals surface area contributed by atoms with Gasteiger partial charge in [-0.15, -0.1) is 0 Å². The molecule has 0 saturated carbocycles. The lowest BCUT2D eigenvalue weighted by Gasteiger charge is -2.09. The van der Waals surface area contributed by atoms with Crippen LogP contribution in [0.15, 0.2) is 30.3 Å². The number of ether oxygens (including phenoxy) is 1. The third kappa shape index (κ3) is 3.60. The van der Waals surface area contributed by atoms with E-state index in [1.807, 2.05) is 13.8 Å². The first kappa shape index (κ1) is 16.9. The largest absolute Gasteiger partial charge is 0.492 e. The highest BCUT2D eigenvalue weighted by Gasteiger charge is 2.17. The van der Waals surface area contributed by atoms with Crippen LogP contribution in [0, 0.1) is 19.7 Å². The topological polar surface area (TPSA) is 69.0 Å². The number of hydrogen-bond acceptors (Lipinski definition) is 4. The number of amides is 1. The van der Waals surface area contributed by atoms with Crippen LogP contribution in [0.3, 0.4) is 0 Å². The zero-order valence-electron chi connectivity index (χ0n) is 14.3. The van der Waals surface area contributed by atoms with Gasteiger partial charge in [0.25, 0.3) is 5.91 Å². The molecule has 0 aliphatic carbocycles. The van der Waals surface area contributed by atoms with E-state index in [2.05, 4.69) is 15.4 Å². The highest BCUT2D eigenvalue weighted by atomic mass is 19.1. The van der Waals surface area contributed by atoms with E-state index >= 15 is 0 Å². The number of nitrogens with zero attached hydrogens (tertiary/aromatic N) is 3. The Morgan fingerprint density at radius 3 is 2.72 bits per heavy atom. The maximum absolute atomic E-state index is 12.8. The molecule has 0 aliphatic heterocycles. The van der Waals surface area contributed by atoms with Crippen LogP contribution < -0.4 is 10.1 Å². The molecule has 2 aromatic heterocycles. The highest BCUT2D eigenvalue weighted by Crippen LogP contribution is 2.21. The van der Waals surface area contributed by atoms with Crippen molar-refractivity contribution < 1.29 is 13.9 Å². The van der Waals surface area contributed by atoms with Gasteiger partial charge < -0.3 is 10.1 Å². The van der Waals surface area contributed by atoms with Crippen LogP contribution in [0.25, 0.3) is 11.0 Å². The van der Waals surface area contributed by atoms with Gasteiger partial charge in [-0.1, -0.05) is 0 Å². The van der Waals surface area contributed by atoms with E-state index in [1.54, 1.807) is 29.9 Å². The summed E-state index contributed by atoms with van der Waals surface area (Å²) in [7, 11) is 1.81. The van der Waals surface area contributed by atoms with Gasteiger partial charge in [0.15, 0.2) is 5.65 Å². The fourth-order valence-corrected chi connectivity index (χ4v) is 2.71. The molecule has 25 heavy (non-hydrogen) atoms. The number of halogens is 1. The first-order valence-electron chi connectivity index (χ1n) is 7.93. The predicted molar refractivity (Wildman–Crippen MR) is 92.2 cm³/mol. The van der Waals surface area contributed by atoms with Crippen LogP contribution in [0.5, 0.6) is 5.75 Å². The van der Waals surface area contributed by atoms with Crippen LogP contribution in [-0.4, -0.2) is 33.8 Å². The average Bonchev–Trinajstić information content (AvgIpc) is 2.86. The summed E-state index contributed by atoms with van der Waals surface area (Å²) in [6, 6.07) is 7.51. The van der Waals surface area contributed by atoms with E-state index in [0.717, 1.165) is 16.8 Å². The fourth-order valence-electron chi connectivity index (χ4n) is 2.71. The van der Waals surface area contributed by atoms with Gasteiger partial charge in [-0.25, -0.2) is 9.37 Å². The third-order valence-electron chi connectivity index (χ3n) is 3.81. The van der Waals surface area contributed by atoms with Gasteiger partial charge in [0, 0.05) is 12.7 Å². The number of benzene rings is 1. The minimum absolute atomic E-state index is 0.200. The van der Waals surface area contributed by atoms with Crippen molar-refractivity contribution in [1.82, 2.24) is 20.1 Å². The van der Waals surface area contributed by atoms with Gasteiger partial charge >= 0.3 is 0 Å².